The van der Waals surface area contributed by atoms with Crippen molar-refractivity contribution in [3.8, 4) is 0 Å². The van der Waals surface area contributed by atoms with E-state index in [0.717, 1.165) is 19.6 Å². The Hall–Kier alpha value is -1.62. The molecule has 0 amide bonds. The molecule has 5 heteroatoms. The van der Waals surface area contributed by atoms with Crippen LogP contribution in [0.25, 0.3) is 0 Å². The second-order valence-electron chi connectivity index (χ2n) is 5.36. The number of carboxylic acids is 1. The van der Waals surface area contributed by atoms with Gasteiger partial charge in [-0.3, -0.25) is 0 Å². The van der Waals surface area contributed by atoms with Gasteiger partial charge in [0.25, 0.3) is 0 Å². The van der Waals surface area contributed by atoms with E-state index >= 15 is 0 Å². The van der Waals surface area contributed by atoms with Crippen LogP contribution in [0.1, 0.15) is 30.6 Å². The lowest BCUT2D eigenvalue weighted by Crippen LogP contribution is -2.29. The van der Waals surface area contributed by atoms with E-state index in [1.54, 1.807) is 6.07 Å². The molecule has 2 heterocycles. The van der Waals surface area contributed by atoms with Crippen molar-refractivity contribution in [2.45, 2.75) is 26.3 Å². The molecule has 0 radical (unpaired) electrons. The molecule has 0 aliphatic carbocycles. The number of carboxylic acid groups (broad SMARTS) is 1. The van der Waals surface area contributed by atoms with Gasteiger partial charge in [-0.15, -0.1) is 0 Å². The van der Waals surface area contributed by atoms with Crippen LogP contribution in [0.4, 0.5) is 5.82 Å². The second-order valence-corrected chi connectivity index (χ2v) is 5.36. The van der Waals surface area contributed by atoms with Crippen molar-refractivity contribution >= 4 is 11.8 Å². The number of pyridine rings is 1. The first kappa shape index (κ1) is 13.8. The van der Waals surface area contributed by atoms with Gasteiger partial charge in [0.05, 0.1) is 5.56 Å². The van der Waals surface area contributed by atoms with Gasteiger partial charge in [-0.25, -0.2) is 9.78 Å². The zero-order valence-corrected chi connectivity index (χ0v) is 11.5. The van der Waals surface area contributed by atoms with Crippen molar-refractivity contribution in [1.29, 1.82) is 0 Å². The van der Waals surface area contributed by atoms with Crippen molar-refractivity contribution in [3.05, 3.63) is 23.9 Å². The van der Waals surface area contributed by atoms with E-state index in [1.165, 1.54) is 18.7 Å². The van der Waals surface area contributed by atoms with Gasteiger partial charge in [0.15, 0.2) is 0 Å². The molecule has 1 aliphatic heterocycles. The molecule has 2 N–H and O–H groups in total. The average Bonchev–Trinajstić information content (AvgIpc) is 2.85. The summed E-state index contributed by atoms with van der Waals surface area (Å²) in [4.78, 5) is 17.5. The van der Waals surface area contributed by atoms with Crippen LogP contribution in [0.3, 0.4) is 0 Å². The highest BCUT2D eigenvalue weighted by Crippen LogP contribution is 2.19. The Morgan fingerprint density at radius 1 is 1.63 bits per heavy atom. The molecule has 19 heavy (non-hydrogen) atoms. The predicted molar refractivity (Wildman–Crippen MR) is 74.5 cm³/mol. The van der Waals surface area contributed by atoms with Gasteiger partial charge in [0, 0.05) is 25.3 Å². The van der Waals surface area contributed by atoms with E-state index in [9.17, 15) is 4.79 Å². The number of anilines is 1. The number of hydrogen-bond acceptors (Lipinski definition) is 4. The van der Waals surface area contributed by atoms with Crippen molar-refractivity contribution in [2.75, 3.05) is 25.0 Å². The highest BCUT2D eigenvalue weighted by atomic mass is 16.4. The first-order chi connectivity index (χ1) is 9.06. The van der Waals surface area contributed by atoms with E-state index in [1.807, 2.05) is 0 Å². The van der Waals surface area contributed by atoms with Crippen LogP contribution >= 0.6 is 0 Å². The summed E-state index contributed by atoms with van der Waals surface area (Å²) in [7, 11) is 0. The quantitative estimate of drug-likeness (QED) is 0.849. The van der Waals surface area contributed by atoms with Gasteiger partial charge < -0.3 is 15.3 Å². The van der Waals surface area contributed by atoms with Gasteiger partial charge >= 0.3 is 5.97 Å². The van der Waals surface area contributed by atoms with Crippen LogP contribution in [-0.4, -0.2) is 46.6 Å². The van der Waals surface area contributed by atoms with Crippen LogP contribution in [0.15, 0.2) is 18.3 Å². The summed E-state index contributed by atoms with van der Waals surface area (Å²) in [5, 5.41) is 12.2. The summed E-state index contributed by atoms with van der Waals surface area (Å²) in [6, 6.07) is 3.68. The molecule has 1 aliphatic rings. The van der Waals surface area contributed by atoms with E-state index in [4.69, 9.17) is 5.11 Å². The maximum Gasteiger partial charge on any atom is 0.335 e. The molecule has 1 atom stereocenters. The van der Waals surface area contributed by atoms with Gasteiger partial charge in [-0.2, -0.15) is 0 Å². The second kappa shape index (κ2) is 6.02. The van der Waals surface area contributed by atoms with Crippen LogP contribution < -0.4 is 5.32 Å². The number of rotatable bonds is 5. The minimum Gasteiger partial charge on any atom is -0.478 e. The fourth-order valence-corrected chi connectivity index (χ4v) is 2.41. The van der Waals surface area contributed by atoms with Crippen LogP contribution in [0.2, 0.25) is 0 Å². The van der Waals surface area contributed by atoms with Crippen LogP contribution in [0, 0.1) is 5.92 Å². The lowest BCUT2D eigenvalue weighted by atomic mass is 10.1. The molecule has 5 nitrogen and oxygen atoms in total. The molecule has 0 bridgehead atoms. The number of hydrogen-bond donors (Lipinski definition) is 2. The molecule has 1 aromatic rings. The zero-order valence-electron chi connectivity index (χ0n) is 11.5. The number of carbonyl (C=O) groups is 1. The Morgan fingerprint density at radius 2 is 2.42 bits per heavy atom. The normalized spacial score (nSPS) is 19.8. The minimum absolute atomic E-state index is 0.271. The Balaban J connectivity index is 1.86. The fraction of sp³-hybridized carbons (Fsp3) is 0.571. The van der Waals surface area contributed by atoms with E-state index in [0.29, 0.717) is 17.8 Å². The third-order valence-corrected chi connectivity index (χ3v) is 3.63. The summed E-state index contributed by atoms with van der Waals surface area (Å²) in [5.74, 6) is 0.331. The maximum absolute atomic E-state index is 10.9. The summed E-state index contributed by atoms with van der Waals surface area (Å²) in [5.41, 5.74) is 0.271. The number of likely N-dealkylation sites (tertiary alicyclic amines) is 1. The zero-order chi connectivity index (χ0) is 13.8. The largest absolute Gasteiger partial charge is 0.478 e. The molecule has 2 rings (SSSR count). The fourth-order valence-electron chi connectivity index (χ4n) is 2.41. The van der Waals surface area contributed by atoms with Crippen molar-refractivity contribution in [2.24, 2.45) is 5.92 Å². The number of aromatic nitrogens is 1. The molecule has 1 aromatic heterocycles. The van der Waals surface area contributed by atoms with Gasteiger partial charge in [0.1, 0.15) is 5.82 Å². The SMILES string of the molecule is CC(C)N1CCC(CNc2cc(C(=O)O)ccn2)C1. The molecule has 1 fully saturated rings. The third kappa shape index (κ3) is 3.67. The molecular formula is C14H21N3O2. The molecule has 0 spiro atoms. The highest BCUT2D eigenvalue weighted by Gasteiger charge is 2.23. The summed E-state index contributed by atoms with van der Waals surface area (Å²) >= 11 is 0. The summed E-state index contributed by atoms with van der Waals surface area (Å²) < 4.78 is 0. The molecule has 104 valence electrons. The molecular weight excluding hydrogens is 242 g/mol. The smallest absolute Gasteiger partial charge is 0.335 e. The standard InChI is InChI=1S/C14H21N3O2/c1-10(2)17-6-4-11(9-17)8-16-13-7-12(14(18)19)3-5-15-13/h3,5,7,10-11H,4,6,8-9H2,1-2H3,(H,15,16)(H,18,19). The van der Waals surface area contributed by atoms with E-state index in [2.05, 4.69) is 29.0 Å². The highest BCUT2D eigenvalue weighted by molar-refractivity contribution is 5.88. The maximum atomic E-state index is 10.9. The van der Waals surface area contributed by atoms with Gasteiger partial charge in [-0.1, -0.05) is 0 Å². The molecule has 0 aromatic carbocycles. The summed E-state index contributed by atoms with van der Waals surface area (Å²) in [6.45, 7) is 7.52. The monoisotopic (exact) mass is 263 g/mol. The Morgan fingerprint density at radius 3 is 3.05 bits per heavy atom. The number of nitrogens with one attached hydrogen (secondary N) is 1. The van der Waals surface area contributed by atoms with Crippen molar-refractivity contribution in [3.63, 3.8) is 0 Å². The minimum atomic E-state index is -0.919. The Labute approximate surface area is 113 Å². The van der Waals surface area contributed by atoms with Crippen LogP contribution in [-0.2, 0) is 0 Å². The van der Waals surface area contributed by atoms with Crippen molar-refractivity contribution in [1.82, 2.24) is 9.88 Å². The molecule has 1 unspecified atom stereocenters. The topological polar surface area (TPSA) is 65.5 Å². The lowest BCUT2D eigenvalue weighted by molar-refractivity contribution is 0.0697. The third-order valence-electron chi connectivity index (χ3n) is 3.63. The van der Waals surface area contributed by atoms with E-state index < -0.39 is 5.97 Å². The Kier molecular flexibility index (Phi) is 4.37. The lowest BCUT2D eigenvalue weighted by Gasteiger charge is -2.20. The predicted octanol–water partition coefficient (Wildman–Crippen LogP) is 1.92. The molecule has 0 saturated carbocycles. The first-order valence-corrected chi connectivity index (χ1v) is 6.73. The van der Waals surface area contributed by atoms with E-state index in [-0.39, 0.29) is 5.56 Å². The Bertz CT molecular complexity index is 448. The van der Waals surface area contributed by atoms with Crippen molar-refractivity contribution < 1.29 is 9.90 Å². The van der Waals surface area contributed by atoms with Crippen LogP contribution in [0.5, 0.6) is 0 Å². The first-order valence-electron chi connectivity index (χ1n) is 6.73. The summed E-state index contributed by atoms with van der Waals surface area (Å²) in [6.07, 6.45) is 2.71. The average molecular weight is 263 g/mol. The number of aromatic carboxylic acids is 1. The van der Waals surface area contributed by atoms with Gasteiger partial charge in [-0.05, 0) is 44.9 Å². The number of nitrogens with zero attached hydrogens (tertiary/aromatic N) is 2. The molecule has 1 saturated heterocycles. The van der Waals surface area contributed by atoms with Gasteiger partial charge in [0.2, 0.25) is 0 Å².